The van der Waals surface area contributed by atoms with E-state index in [0.717, 1.165) is 25.0 Å². The third-order valence-electron chi connectivity index (χ3n) is 2.85. The van der Waals surface area contributed by atoms with E-state index in [1.54, 1.807) is 24.3 Å². The van der Waals surface area contributed by atoms with Crippen LogP contribution in [0.25, 0.3) is 0 Å². The number of rotatable bonds is 4. The van der Waals surface area contributed by atoms with Crippen LogP contribution in [-0.4, -0.2) is 19.8 Å². The van der Waals surface area contributed by atoms with Crippen molar-refractivity contribution in [2.75, 3.05) is 7.05 Å². The first-order valence-corrected chi connectivity index (χ1v) is 8.83. The largest absolute Gasteiger partial charge is 0.252 e. The molecule has 0 saturated carbocycles. The molecule has 0 unspecified atom stereocenters. The first-order valence-electron chi connectivity index (χ1n) is 5.78. The SMILES string of the molecule is Cc1cc(S(=O)(=O)N(C)Cc2ccccc2F)sc1Br. The van der Waals surface area contributed by atoms with E-state index >= 15 is 0 Å². The summed E-state index contributed by atoms with van der Waals surface area (Å²) in [7, 11) is -2.15. The van der Waals surface area contributed by atoms with Crippen LogP contribution in [0, 0.1) is 12.7 Å². The van der Waals surface area contributed by atoms with Crippen molar-refractivity contribution >= 4 is 37.3 Å². The zero-order valence-electron chi connectivity index (χ0n) is 10.9. The van der Waals surface area contributed by atoms with E-state index in [1.807, 2.05) is 6.92 Å². The van der Waals surface area contributed by atoms with Crippen molar-refractivity contribution in [2.24, 2.45) is 0 Å². The van der Waals surface area contributed by atoms with Gasteiger partial charge in [-0.1, -0.05) is 18.2 Å². The molecular weight excluding hydrogens is 365 g/mol. The van der Waals surface area contributed by atoms with Gasteiger partial charge in [-0.15, -0.1) is 11.3 Å². The van der Waals surface area contributed by atoms with Gasteiger partial charge in [0.05, 0.1) is 3.79 Å². The van der Waals surface area contributed by atoms with Crippen molar-refractivity contribution in [1.29, 1.82) is 0 Å². The molecule has 20 heavy (non-hydrogen) atoms. The lowest BCUT2D eigenvalue weighted by Crippen LogP contribution is -2.26. The molecule has 1 aromatic carbocycles. The zero-order valence-corrected chi connectivity index (χ0v) is 14.1. The molecule has 0 aliphatic heterocycles. The Kier molecular flexibility index (Phi) is 4.63. The maximum atomic E-state index is 13.6. The van der Waals surface area contributed by atoms with E-state index < -0.39 is 15.8 Å². The Hall–Kier alpha value is -0.760. The first-order chi connectivity index (χ1) is 9.32. The van der Waals surface area contributed by atoms with Gasteiger partial charge < -0.3 is 0 Å². The van der Waals surface area contributed by atoms with Crippen LogP contribution < -0.4 is 0 Å². The Morgan fingerprint density at radius 2 is 2.00 bits per heavy atom. The monoisotopic (exact) mass is 377 g/mol. The van der Waals surface area contributed by atoms with Crippen LogP contribution in [0.1, 0.15) is 11.1 Å². The summed E-state index contributed by atoms with van der Waals surface area (Å²) in [6, 6.07) is 7.78. The second-order valence-corrected chi connectivity index (χ2v) is 9.02. The molecule has 2 rings (SSSR count). The molecule has 0 radical (unpaired) electrons. The fourth-order valence-corrected chi connectivity index (χ4v) is 5.25. The number of thiophene rings is 1. The molecule has 0 spiro atoms. The Morgan fingerprint density at radius 3 is 2.55 bits per heavy atom. The van der Waals surface area contributed by atoms with Crippen molar-refractivity contribution in [2.45, 2.75) is 17.7 Å². The fourth-order valence-electron chi connectivity index (χ4n) is 1.66. The number of hydrogen-bond donors (Lipinski definition) is 0. The summed E-state index contributed by atoms with van der Waals surface area (Å²) >= 11 is 4.47. The maximum Gasteiger partial charge on any atom is 0.252 e. The van der Waals surface area contributed by atoms with Gasteiger partial charge in [0.25, 0.3) is 10.0 Å². The second-order valence-electron chi connectivity index (χ2n) is 4.37. The van der Waals surface area contributed by atoms with E-state index in [4.69, 9.17) is 0 Å². The smallest absolute Gasteiger partial charge is 0.207 e. The van der Waals surface area contributed by atoms with E-state index in [1.165, 1.54) is 13.1 Å². The Balaban J connectivity index is 2.28. The minimum absolute atomic E-state index is 0.00354. The van der Waals surface area contributed by atoms with Gasteiger partial charge in [0, 0.05) is 19.2 Å². The Morgan fingerprint density at radius 1 is 1.35 bits per heavy atom. The third kappa shape index (κ3) is 3.11. The van der Waals surface area contributed by atoms with Crippen LogP contribution >= 0.6 is 27.3 Å². The number of aryl methyl sites for hydroxylation is 1. The third-order valence-corrected chi connectivity index (χ3v) is 7.24. The topological polar surface area (TPSA) is 37.4 Å². The molecule has 0 aliphatic carbocycles. The molecular formula is C13H13BrFNO2S2. The van der Waals surface area contributed by atoms with Crippen LogP contribution in [0.5, 0.6) is 0 Å². The van der Waals surface area contributed by atoms with Crippen molar-refractivity contribution in [3.63, 3.8) is 0 Å². The quantitative estimate of drug-likeness (QED) is 0.812. The summed E-state index contributed by atoms with van der Waals surface area (Å²) in [5, 5.41) is 0. The second kappa shape index (κ2) is 5.93. The summed E-state index contributed by atoms with van der Waals surface area (Å²) in [5.41, 5.74) is 1.22. The first kappa shape index (κ1) is 15.6. The highest BCUT2D eigenvalue weighted by molar-refractivity contribution is 9.11. The number of nitrogens with zero attached hydrogens (tertiary/aromatic N) is 1. The molecule has 0 fully saturated rings. The normalized spacial score (nSPS) is 12.1. The molecule has 0 atom stereocenters. The highest BCUT2D eigenvalue weighted by Gasteiger charge is 2.24. The van der Waals surface area contributed by atoms with Crippen LogP contribution in [0.2, 0.25) is 0 Å². The molecule has 0 saturated heterocycles. The van der Waals surface area contributed by atoms with Crippen LogP contribution in [0.3, 0.4) is 0 Å². The molecule has 0 N–H and O–H groups in total. The average Bonchev–Trinajstić information content (AvgIpc) is 2.73. The van der Waals surface area contributed by atoms with E-state index in [9.17, 15) is 12.8 Å². The standard InChI is InChI=1S/C13H13BrFNO2S2/c1-9-7-12(19-13(9)14)20(17,18)16(2)8-10-5-3-4-6-11(10)15/h3-7H,8H2,1-2H3. The van der Waals surface area contributed by atoms with Gasteiger partial charge in [0.15, 0.2) is 0 Å². The molecule has 2 aromatic rings. The van der Waals surface area contributed by atoms with Crippen LogP contribution in [0.15, 0.2) is 38.3 Å². The molecule has 3 nitrogen and oxygen atoms in total. The molecule has 1 aromatic heterocycles. The highest BCUT2D eigenvalue weighted by Crippen LogP contribution is 2.32. The molecule has 108 valence electrons. The summed E-state index contributed by atoms with van der Waals surface area (Å²) < 4.78 is 40.6. The van der Waals surface area contributed by atoms with Gasteiger partial charge in [-0.05, 0) is 40.5 Å². The van der Waals surface area contributed by atoms with Gasteiger partial charge in [0.2, 0.25) is 0 Å². The van der Waals surface area contributed by atoms with E-state index in [0.29, 0.717) is 5.56 Å². The number of sulfonamides is 1. The number of hydrogen-bond acceptors (Lipinski definition) is 3. The molecule has 0 amide bonds. The van der Waals surface area contributed by atoms with Gasteiger partial charge in [-0.2, -0.15) is 4.31 Å². The van der Waals surface area contributed by atoms with Crippen molar-refractivity contribution < 1.29 is 12.8 Å². The van der Waals surface area contributed by atoms with Gasteiger partial charge in [-0.25, -0.2) is 12.8 Å². The average molecular weight is 378 g/mol. The molecule has 7 heteroatoms. The summed E-state index contributed by atoms with van der Waals surface area (Å²) in [6.45, 7) is 1.83. The van der Waals surface area contributed by atoms with Gasteiger partial charge in [-0.3, -0.25) is 0 Å². The Bertz CT molecular complexity index is 708. The minimum atomic E-state index is -3.60. The van der Waals surface area contributed by atoms with Gasteiger partial charge in [0.1, 0.15) is 10.0 Å². The molecule has 1 heterocycles. The zero-order chi connectivity index (χ0) is 14.9. The predicted molar refractivity (Wildman–Crippen MR) is 81.8 cm³/mol. The highest BCUT2D eigenvalue weighted by atomic mass is 79.9. The van der Waals surface area contributed by atoms with E-state index in [-0.39, 0.29) is 10.8 Å². The maximum absolute atomic E-state index is 13.6. The Labute approximate surface area is 130 Å². The van der Waals surface area contributed by atoms with E-state index in [2.05, 4.69) is 15.9 Å². The summed E-state index contributed by atoms with van der Waals surface area (Å²) in [6.07, 6.45) is 0. The van der Waals surface area contributed by atoms with Crippen LogP contribution in [-0.2, 0) is 16.6 Å². The fraction of sp³-hybridized carbons (Fsp3) is 0.231. The number of benzene rings is 1. The molecule has 0 bridgehead atoms. The lowest BCUT2D eigenvalue weighted by Gasteiger charge is -2.16. The van der Waals surface area contributed by atoms with Gasteiger partial charge >= 0.3 is 0 Å². The number of halogens is 2. The predicted octanol–water partition coefficient (Wildman–Crippen LogP) is 3.78. The lowest BCUT2D eigenvalue weighted by atomic mass is 10.2. The van der Waals surface area contributed by atoms with Crippen LogP contribution in [0.4, 0.5) is 4.39 Å². The van der Waals surface area contributed by atoms with Crippen molar-refractivity contribution in [3.8, 4) is 0 Å². The lowest BCUT2D eigenvalue weighted by molar-refractivity contribution is 0.458. The van der Waals surface area contributed by atoms with Crippen molar-refractivity contribution in [3.05, 3.63) is 51.1 Å². The van der Waals surface area contributed by atoms with Crippen molar-refractivity contribution in [1.82, 2.24) is 4.31 Å². The minimum Gasteiger partial charge on any atom is -0.207 e. The summed E-state index contributed by atoms with van der Waals surface area (Å²) in [5.74, 6) is -0.405. The summed E-state index contributed by atoms with van der Waals surface area (Å²) in [4.78, 5) is 0. The molecule has 0 aliphatic rings.